The number of benzene rings is 2. The van der Waals surface area contributed by atoms with Gasteiger partial charge >= 0.3 is 0 Å². The lowest BCUT2D eigenvalue weighted by Gasteiger charge is -2.12. The van der Waals surface area contributed by atoms with Crippen LogP contribution in [0.4, 0.5) is 0 Å². The summed E-state index contributed by atoms with van der Waals surface area (Å²) in [6.45, 7) is 0. The van der Waals surface area contributed by atoms with Gasteiger partial charge in [0.05, 0.1) is 5.33 Å². The Morgan fingerprint density at radius 1 is 0.833 bits per heavy atom. The van der Waals surface area contributed by atoms with Crippen molar-refractivity contribution in [2.75, 3.05) is 10.7 Å². The molecule has 0 radical (unpaired) electrons. The van der Waals surface area contributed by atoms with Gasteiger partial charge in [-0.1, -0.05) is 103 Å². The molecule has 24 heavy (non-hydrogen) atoms. The second-order valence-corrected chi connectivity index (χ2v) is 7.12. The fraction of sp³-hybridized carbons (Fsp3) is 0.200. The molecular weight excluding hydrogens is 471 g/mol. The number of halogens is 4. The predicted molar refractivity (Wildman–Crippen MR) is 113 cm³/mol. The van der Waals surface area contributed by atoms with Crippen molar-refractivity contribution in [3.63, 3.8) is 0 Å². The van der Waals surface area contributed by atoms with Crippen LogP contribution in [0.1, 0.15) is 11.1 Å². The Morgan fingerprint density at radius 3 is 1.88 bits per heavy atom. The third-order valence-electron chi connectivity index (χ3n) is 3.58. The van der Waals surface area contributed by atoms with Crippen LogP contribution in [-0.2, 0) is 12.8 Å². The van der Waals surface area contributed by atoms with Gasteiger partial charge in [-0.25, -0.2) is 0 Å². The molecule has 0 nitrogen and oxygen atoms in total. The summed E-state index contributed by atoms with van der Waals surface area (Å²) in [5.74, 6) is 6.40. The van der Waals surface area contributed by atoms with Crippen LogP contribution in [-0.4, -0.2) is 10.7 Å². The van der Waals surface area contributed by atoms with E-state index in [1.54, 1.807) is 0 Å². The Hall–Kier alpha value is -0.720. The van der Waals surface area contributed by atoms with Crippen LogP contribution in [0.15, 0.2) is 59.7 Å². The molecule has 0 heterocycles. The van der Waals surface area contributed by atoms with E-state index in [1.807, 2.05) is 42.5 Å². The van der Waals surface area contributed by atoms with E-state index in [9.17, 15) is 0 Å². The van der Waals surface area contributed by atoms with E-state index >= 15 is 0 Å². The van der Waals surface area contributed by atoms with Crippen molar-refractivity contribution in [1.29, 1.82) is 0 Å². The van der Waals surface area contributed by atoms with Crippen LogP contribution in [0.5, 0.6) is 0 Å². The van der Waals surface area contributed by atoms with Crippen molar-refractivity contribution in [2.24, 2.45) is 0 Å². The van der Waals surface area contributed by atoms with Gasteiger partial charge in [0.2, 0.25) is 0 Å². The lowest BCUT2D eigenvalue weighted by atomic mass is 9.96. The molecule has 0 unspecified atom stereocenters. The summed E-state index contributed by atoms with van der Waals surface area (Å²) < 4.78 is 0. The largest absolute Gasteiger partial charge is 0.0879 e. The van der Waals surface area contributed by atoms with Crippen LogP contribution in [0.25, 0.3) is 0 Å². The smallest absolute Gasteiger partial charge is 0.0649 e. The van der Waals surface area contributed by atoms with E-state index in [-0.39, 0.29) is 0 Å². The second kappa shape index (κ2) is 10.3. The Balaban J connectivity index is 2.40. The molecule has 2 rings (SSSR count). The third kappa shape index (κ3) is 5.67. The summed E-state index contributed by atoms with van der Waals surface area (Å²) in [5, 5.41) is 2.93. The van der Waals surface area contributed by atoms with Gasteiger partial charge in [-0.05, 0) is 35.3 Å². The molecule has 0 N–H and O–H groups in total. The monoisotopic (exact) mass is 484 g/mol. The zero-order valence-corrected chi connectivity index (χ0v) is 17.6. The van der Waals surface area contributed by atoms with Crippen LogP contribution in [0.2, 0.25) is 10.0 Å². The average molecular weight is 487 g/mol. The van der Waals surface area contributed by atoms with Crippen molar-refractivity contribution < 1.29 is 0 Å². The molecule has 0 aliphatic rings. The predicted octanol–water partition coefficient (Wildman–Crippen LogP) is 6.87. The number of allylic oxidation sites excluding steroid dienone is 2. The number of rotatable bonds is 5. The van der Waals surface area contributed by atoms with Gasteiger partial charge < -0.3 is 0 Å². The number of hydrogen-bond donors (Lipinski definition) is 0. The van der Waals surface area contributed by atoms with Crippen molar-refractivity contribution in [3.8, 4) is 11.8 Å². The summed E-state index contributed by atoms with van der Waals surface area (Å²) in [7, 11) is 0. The first-order valence-corrected chi connectivity index (χ1v) is 10.4. The lowest BCUT2D eigenvalue weighted by molar-refractivity contribution is 1.08. The van der Waals surface area contributed by atoms with E-state index < -0.39 is 0 Å². The molecule has 0 aliphatic carbocycles. The van der Waals surface area contributed by atoms with Crippen molar-refractivity contribution >= 4 is 55.1 Å². The summed E-state index contributed by atoms with van der Waals surface area (Å²) >= 11 is 19.6. The highest BCUT2D eigenvalue weighted by Crippen LogP contribution is 2.25. The Morgan fingerprint density at radius 2 is 1.38 bits per heavy atom. The Bertz CT molecular complexity index is 785. The van der Waals surface area contributed by atoms with Gasteiger partial charge in [0.15, 0.2) is 0 Å². The third-order valence-corrected chi connectivity index (χ3v) is 5.28. The second-order valence-electron chi connectivity index (χ2n) is 5.19. The highest BCUT2D eigenvalue weighted by atomic mass is 79.9. The normalized spacial score (nSPS) is 11.5. The molecule has 0 saturated carbocycles. The molecule has 0 bridgehead atoms. The van der Waals surface area contributed by atoms with Gasteiger partial charge in [-0.15, -0.1) is 0 Å². The maximum atomic E-state index is 6.32. The summed E-state index contributed by atoms with van der Waals surface area (Å²) in [4.78, 5) is 0. The van der Waals surface area contributed by atoms with E-state index in [0.717, 1.165) is 38.5 Å². The standard InChI is InChI=1S/C20H16Br2Cl2/c21-11-5-8-15(12-16-6-1-3-9-19(16)23)18(14-22)13-17-7-2-4-10-20(17)24/h1-4,6-7,9-10H,11-14H2/b18-15-. The van der Waals surface area contributed by atoms with Gasteiger partial charge in [0.1, 0.15) is 0 Å². The molecule has 124 valence electrons. The minimum Gasteiger partial charge on any atom is -0.0879 e. The summed E-state index contributed by atoms with van der Waals surface area (Å²) in [6.07, 6.45) is 1.48. The first-order chi connectivity index (χ1) is 11.7. The maximum absolute atomic E-state index is 6.32. The lowest BCUT2D eigenvalue weighted by Crippen LogP contribution is -2.01. The van der Waals surface area contributed by atoms with E-state index in [2.05, 4.69) is 49.8 Å². The number of alkyl halides is 2. The van der Waals surface area contributed by atoms with Crippen molar-refractivity contribution in [1.82, 2.24) is 0 Å². The van der Waals surface area contributed by atoms with Gasteiger partial charge in [-0.3, -0.25) is 0 Å². The molecule has 0 amide bonds. The zero-order valence-electron chi connectivity index (χ0n) is 13.0. The van der Waals surface area contributed by atoms with Crippen LogP contribution < -0.4 is 0 Å². The fourth-order valence-corrected chi connectivity index (χ4v) is 3.42. The molecule has 0 saturated heterocycles. The molecule has 2 aromatic carbocycles. The average Bonchev–Trinajstić information content (AvgIpc) is 2.60. The van der Waals surface area contributed by atoms with Crippen LogP contribution >= 0.6 is 55.1 Å². The molecule has 0 spiro atoms. The summed E-state index contributed by atoms with van der Waals surface area (Å²) in [5.41, 5.74) is 4.48. The molecular formula is C20H16Br2Cl2. The molecule has 0 aromatic heterocycles. The van der Waals surface area contributed by atoms with Crippen LogP contribution in [0.3, 0.4) is 0 Å². The zero-order chi connectivity index (χ0) is 17.4. The highest BCUT2D eigenvalue weighted by Gasteiger charge is 2.10. The maximum Gasteiger partial charge on any atom is 0.0649 e. The summed E-state index contributed by atoms with van der Waals surface area (Å²) in [6, 6.07) is 15.8. The topological polar surface area (TPSA) is 0 Å². The van der Waals surface area contributed by atoms with Crippen molar-refractivity contribution in [2.45, 2.75) is 12.8 Å². The van der Waals surface area contributed by atoms with E-state index in [4.69, 9.17) is 23.2 Å². The molecule has 0 atom stereocenters. The number of hydrogen-bond acceptors (Lipinski definition) is 0. The van der Waals surface area contributed by atoms with Crippen molar-refractivity contribution in [3.05, 3.63) is 80.8 Å². The fourth-order valence-electron chi connectivity index (χ4n) is 2.34. The van der Waals surface area contributed by atoms with Gasteiger partial charge in [-0.2, -0.15) is 0 Å². The Kier molecular flexibility index (Phi) is 8.42. The minimum absolute atomic E-state index is 0.640. The molecule has 0 aliphatic heterocycles. The van der Waals surface area contributed by atoms with E-state index in [0.29, 0.717) is 11.8 Å². The van der Waals surface area contributed by atoms with Gasteiger partial charge in [0, 0.05) is 27.4 Å². The van der Waals surface area contributed by atoms with Gasteiger partial charge in [0.25, 0.3) is 0 Å². The van der Waals surface area contributed by atoms with Crippen LogP contribution in [0, 0.1) is 11.8 Å². The minimum atomic E-state index is 0.640. The quantitative estimate of drug-likeness (QED) is 0.319. The SMILES string of the molecule is Clc1ccccc1C/C(C#CCBr)=C(\CBr)Cc1ccccc1Cl. The first kappa shape index (κ1) is 19.6. The molecule has 2 aromatic rings. The Labute approximate surface area is 170 Å². The highest BCUT2D eigenvalue weighted by molar-refractivity contribution is 9.09. The molecule has 0 fully saturated rings. The van der Waals surface area contributed by atoms with E-state index in [1.165, 1.54) is 5.57 Å². The molecule has 4 heteroatoms. The first-order valence-electron chi connectivity index (χ1n) is 7.44.